The number of amides is 1. The molecule has 160 valence electrons. The van der Waals surface area contributed by atoms with Crippen LogP contribution in [0.2, 0.25) is 0 Å². The van der Waals surface area contributed by atoms with E-state index in [-0.39, 0.29) is 17.1 Å². The van der Waals surface area contributed by atoms with Crippen LogP contribution in [0.5, 0.6) is 5.75 Å². The monoisotopic (exact) mass is 425 g/mol. The number of hydrogen-bond donors (Lipinski definition) is 0. The molecule has 0 spiro atoms. The lowest BCUT2D eigenvalue weighted by molar-refractivity contribution is 0.0971. The number of rotatable bonds is 5. The van der Waals surface area contributed by atoms with Crippen molar-refractivity contribution in [2.24, 2.45) is 0 Å². The number of carbonyl (C=O) groups excluding carboxylic acids is 1. The predicted molar refractivity (Wildman–Crippen MR) is 125 cm³/mol. The third kappa shape index (κ3) is 3.17. The molecular formula is C27H23NO4. The molecule has 5 heteroatoms. The zero-order chi connectivity index (χ0) is 22.2. The molecule has 0 bridgehead atoms. The van der Waals surface area contributed by atoms with Crippen LogP contribution in [0, 0.1) is 0 Å². The first-order valence-corrected chi connectivity index (χ1v) is 10.8. The SMILES string of the molecule is CCOc1cccc(C2c3c(oc4ccccc4c3=O)C(=O)N2c2ccc(CC)cc2)c1. The smallest absolute Gasteiger partial charge is 0.295 e. The first-order valence-electron chi connectivity index (χ1n) is 10.8. The van der Waals surface area contributed by atoms with Crippen LogP contribution in [0.3, 0.4) is 0 Å². The summed E-state index contributed by atoms with van der Waals surface area (Å²) in [5, 5.41) is 0.466. The lowest BCUT2D eigenvalue weighted by atomic mass is 9.98. The maximum atomic E-state index is 13.6. The van der Waals surface area contributed by atoms with E-state index in [9.17, 15) is 9.59 Å². The van der Waals surface area contributed by atoms with E-state index in [1.54, 1.807) is 29.2 Å². The van der Waals surface area contributed by atoms with E-state index < -0.39 is 6.04 Å². The van der Waals surface area contributed by atoms with E-state index in [2.05, 4.69) is 6.92 Å². The fourth-order valence-electron chi connectivity index (χ4n) is 4.33. The number of nitrogens with zero attached hydrogens (tertiary/aromatic N) is 1. The van der Waals surface area contributed by atoms with E-state index in [0.29, 0.717) is 34.6 Å². The highest BCUT2D eigenvalue weighted by molar-refractivity contribution is 6.10. The number of hydrogen-bond acceptors (Lipinski definition) is 4. The maximum Gasteiger partial charge on any atom is 0.295 e. The van der Waals surface area contributed by atoms with Gasteiger partial charge in [-0.15, -0.1) is 0 Å². The highest BCUT2D eigenvalue weighted by Crippen LogP contribution is 2.41. The van der Waals surface area contributed by atoms with Gasteiger partial charge in [-0.2, -0.15) is 0 Å². The minimum atomic E-state index is -0.605. The summed E-state index contributed by atoms with van der Waals surface area (Å²) in [6.45, 7) is 4.53. The Morgan fingerprint density at radius 2 is 1.72 bits per heavy atom. The fourth-order valence-corrected chi connectivity index (χ4v) is 4.33. The molecule has 1 aromatic heterocycles. The average molecular weight is 425 g/mol. The van der Waals surface area contributed by atoms with Gasteiger partial charge in [0, 0.05) is 5.69 Å². The van der Waals surface area contributed by atoms with Gasteiger partial charge in [-0.05, 0) is 60.9 Å². The number of anilines is 1. The molecule has 2 heterocycles. The van der Waals surface area contributed by atoms with Gasteiger partial charge in [0.15, 0.2) is 5.43 Å². The molecule has 4 aromatic rings. The highest BCUT2D eigenvalue weighted by atomic mass is 16.5. The van der Waals surface area contributed by atoms with Crippen molar-refractivity contribution in [3.63, 3.8) is 0 Å². The Hall–Kier alpha value is -3.86. The molecule has 1 aliphatic heterocycles. The van der Waals surface area contributed by atoms with Crippen LogP contribution >= 0.6 is 0 Å². The van der Waals surface area contributed by atoms with E-state index in [4.69, 9.17) is 9.15 Å². The minimum absolute atomic E-state index is 0.0973. The van der Waals surface area contributed by atoms with Crippen LogP contribution in [0.25, 0.3) is 11.0 Å². The number of benzene rings is 3. The van der Waals surface area contributed by atoms with E-state index in [0.717, 1.165) is 12.0 Å². The maximum absolute atomic E-state index is 13.6. The summed E-state index contributed by atoms with van der Waals surface area (Å²) in [7, 11) is 0. The van der Waals surface area contributed by atoms with E-state index in [1.807, 2.05) is 55.5 Å². The van der Waals surface area contributed by atoms with Crippen molar-refractivity contribution in [2.45, 2.75) is 26.3 Å². The molecule has 1 aliphatic rings. The summed E-state index contributed by atoms with van der Waals surface area (Å²) < 4.78 is 11.7. The average Bonchev–Trinajstić information content (AvgIpc) is 3.12. The van der Waals surface area contributed by atoms with Crippen LogP contribution in [-0.4, -0.2) is 12.5 Å². The van der Waals surface area contributed by atoms with Crippen molar-refractivity contribution in [3.8, 4) is 5.75 Å². The lowest BCUT2D eigenvalue weighted by Gasteiger charge is -2.25. The molecule has 0 saturated heterocycles. The molecule has 0 aliphatic carbocycles. The second-order valence-electron chi connectivity index (χ2n) is 7.77. The summed E-state index contributed by atoms with van der Waals surface area (Å²) in [5.41, 5.74) is 3.28. The molecule has 5 rings (SSSR count). The second kappa shape index (κ2) is 8.00. The zero-order valence-corrected chi connectivity index (χ0v) is 18.0. The highest BCUT2D eigenvalue weighted by Gasteiger charge is 2.43. The van der Waals surface area contributed by atoms with Crippen molar-refractivity contribution in [1.82, 2.24) is 0 Å². The zero-order valence-electron chi connectivity index (χ0n) is 18.0. The number of ether oxygens (including phenoxy) is 1. The summed E-state index contributed by atoms with van der Waals surface area (Å²) in [5.74, 6) is 0.469. The van der Waals surface area contributed by atoms with Crippen molar-refractivity contribution >= 4 is 22.6 Å². The van der Waals surface area contributed by atoms with Crippen LogP contribution in [0.1, 0.15) is 47.1 Å². The third-order valence-electron chi connectivity index (χ3n) is 5.89. The van der Waals surface area contributed by atoms with Crippen LogP contribution in [0.15, 0.2) is 82.0 Å². The standard InChI is InChI=1S/C27H23NO4/c1-3-17-12-14-19(15-13-17)28-24(18-8-7-9-20(16-18)31-4-2)23-25(29)21-10-5-6-11-22(21)32-26(23)27(28)30/h5-16,24H,3-4H2,1-2H3. The summed E-state index contributed by atoms with van der Waals surface area (Å²) in [4.78, 5) is 28.8. The van der Waals surface area contributed by atoms with Crippen molar-refractivity contribution < 1.29 is 13.9 Å². The molecule has 3 aromatic carbocycles. The van der Waals surface area contributed by atoms with Crippen LogP contribution in [0.4, 0.5) is 5.69 Å². The first kappa shape index (κ1) is 20.1. The molecule has 1 atom stereocenters. The van der Waals surface area contributed by atoms with Crippen LogP contribution < -0.4 is 15.1 Å². The molecule has 5 nitrogen and oxygen atoms in total. The molecule has 1 unspecified atom stereocenters. The molecule has 0 radical (unpaired) electrons. The Morgan fingerprint density at radius 1 is 0.938 bits per heavy atom. The van der Waals surface area contributed by atoms with E-state index >= 15 is 0 Å². The number of para-hydroxylation sites is 1. The van der Waals surface area contributed by atoms with Crippen molar-refractivity contribution in [2.75, 3.05) is 11.5 Å². The Bertz CT molecular complexity index is 1370. The third-order valence-corrected chi connectivity index (χ3v) is 5.89. The number of carbonyl (C=O) groups is 1. The lowest BCUT2D eigenvalue weighted by Crippen LogP contribution is -2.29. The Balaban J connectivity index is 1.76. The van der Waals surface area contributed by atoms with Gasteiger partial charge in [-0.1, -0.05) is 43.3 Å². The molecular weight excluding hydrogens is 402 g/mol. The molecule has 32 heavy (non-hydrogen) atoms. The summed E-state index contributed by atoms with van der Waals surface area (Å²) >= 11 is 0. The largest absolute Gasteiger partial charge is 0.494 e. The molecule has 0 fully saturated rings. The number of aryl methyl sites for hydroxylation is 1. The van der Waals surface area contributed by atoms with Gasteiger partial charge in [0.2, 0.25) is 5.76 Å². The quantitative estimate of drug-likeness (QED) is 0.423. The number of fused-ring (bicyclic) bond motifs is 2. The molecule has 0 saturated carbocycles. The topological polar surface area (TPSA) is 59.8 Å². The summed E-state index contributed by atoms with van der Waals surface area (Å²) in [6.07, 6.45) is 0.902. The minimum Gasteiger partial charge on any atom is -0.494 e. The van der Waals surface area contributed by atoms with Gasteiger partial charge in [-0.3, -0.25) is 14.5 Å². The molecule has 1 amide bonds. The Morgan fingerprint density at radius 3 is 2.47 bits per heavy atom. The second-order valence-corrected chi connectivity index (χ2v) is 7.77. The van der Waals surface area contributed by atoms with Gasteiger partial charge in [0.1, 0.15) is 11.3 Å². The van der Waals surface area contributed by atoms with Gasteiger partial charge >= 0.3 is 0 Å². The van der Waals surface area contributed by atoms with Gasteiger partial charge < -0.3 is 9.15 Å². The Kier molecular flexibility index (Phi) is 5.02. The first-order chi connectivity index (χ1) is 15.6. The fraction of sp³-hybridized carbons (Fsp3) is 0.185. The summed E-state index contributed by atoms with van der Waals surface area (Å²) in [6, 6.07) is 21.8. The van der Waals surface area contributed by atoms with Gasteiger partial charge in [-0.25, -0.2) is 0 Å². The van der Waals surface area contributed by atoms with Crippen LogP contribution in [-0.2, 0) is 6.42 Å². The van der Waals surface area contributed by atoms with Gasteiger partial charge in [0.25, 0.3) is 5.91 Å². The predicted octanol–water partition coefficient (Wildman–Crippen LogP) is 5.50. The molecule has 0 N–H and O–H groups in total. The van der Waals surface area contributed by atoms with Gasteiger partial charge in [0.05, 0.1) is 23.6 Å². The van der Waals surface area contributed by atoms with Crippen molar-refractivity contribution in [3.05, 3.63) is 105 Å². The van der Waals surface area contributed by atoms with Crippen molar-refractivity contribution in [1.29, 1.82) is 0 Å². The van der Waals surface area contributed by atoms with E-state index in [1.165, 1.54) is 5.56 Å². The Labute approximate surface area is 185 Å². The normalized spacial score (nSPS) is 15.2.